The molecule has 1 amide bonds. The maximum atomic E-state index is 13.2. The predicted octanol–water partition coefficient (Wildman–Crippen LogP) is 4.57. The molecule has 3 rings (SSSR count). The molecule has 0 spiro atoms. The Balaban J connectivity index is 1.75. The van der Waals surface area contributed by atoms with Crippen LogP contribution in [0, 0.1) is 5.82 Å². The Bertz CT molecular complexity index is 1120. The van der Waals surface area contributed by atoms with Crippen molar-refractivity contribution in [1.29, 1.82) is 0 Å². The van der Waals surface area contributed by atoms with Crippen LogP contribution in [0.1, 0.15) is 27.0 Å². The molecule has 2 heterocycles. The molecule has 1 N–H and O–H groups in total. The number of ether oxygens (including phenoxy) is 2. The van der Waals surface area contributed by atoms with Crippen molar-refractivity contribution in [1.82, 2.24) is 4.98 Å². The summed E-state index contributed by atoms with van der Waals surface area (Å²) in [5.74, 6) is -2.48. The fraction of sp³-hybridized carbons (Fsp3) is 0.143. The van der Waals surface area contributed by atoms with Crippen molar-refractivity contribution in [3.05, 3.63) is 70.1 Å². The second kappa shape index (κ2) is 10.1. The molecule has 1 aromatic carbocycles. The van der Waals surface area contributed by atoms with E-state index in [-0.39, 0.29) is 27.9 Å². The van der Waals surface area contributed by atoms with Gasteiger partial charge in [-0.15, -0.1) is 11.3 Å². The third-order valence-electron chi connectivity index (χ3n) is 3.91. The fourth-order valence-electron chi connectivity index (χ4n) is 2.52. The highest BCUT2D eigenvalue weighted by molar-refractivity contribution is 7.18. The second-order valence-electron chi connectivity index (χ2n) is 6.05. The van der Waals surface area contributed by atoms with Crippen LogP contribution in [-0.2, 0) is 14.3 Å². The van der Waals surface area contributed by atoms with Gasteiger partial charge < -0.3 is 14.8 Å². The Kier molecular flexibility index (Phi) is 7.32. The smallest absolute Gasteiger partial charge is 0.350 e. The average Bonchev–Trinajstić information content (AvgIpc) is 3.17. The van der Waals surface area contributed by atoms with Gasteiger partial charge in [0, 0.05) is 11.1 Å². The van der Waals surface area contributed by atoms with Crippen molar-refractivity contribution in [2.75, 3.05) is 18.5 Å². The molecule has 0 saturated heterocycles. The molecule has 0 fully saturated rings. The second-order valence-corrected chi connectivity index (χ2v) is 7.46. The van der Waals surface area contributed by atoms with Gasteiger partial charge in [-0.2, -0.15) is 0 Å². The molecule has 10 heteroatoms. The maximum Gasteiger partial charge on any atom is 0.350 e. The van der Waals surface area contributed by atoms with Crippen molar-refractivity contribution in [3.8, 4) is 10.4 Å². The molecule has 0 saturated carbocycles. The quantitative estimate of drug-likeness (QED) is 0.408. The summed E-state index contributed by atoms with van der Waals surface area (Å²) in [7, 11) is 0. The number of rotatable bonds is 7. The van der Waals surface area contributed by atoms with Crippen LogP contribution in [0.25, 0.3) is 10.4 Å². The summed E-state index contributed by atoms with van der Waals surface area (Å²) in [6.07, 6.45) is 1.41. The Morgan fingerprint density at radius 1 is 1.13 bits per heavy atom. The molecule has 0 radical (unpaired) electrons. The molecule has 160 valence electrons. The Hall–Kier alpha value is -3.30. The minimum absolute atomic E-state index is 0.0262. The zero-order chi connectivity index (χ0) is 22.4. The van der Waals surface area contributed by atoms with Gasteiger partial charge in [0.15, 0.2) is 6.61 Å². The van der Waals surface area contributed by atoms with E-state index in [1.165, 1.54) is 30.5 Å². The minimum Gasteiger partial charge on any atom is -0.462 e. The summed E-state index contributed by atoms with van der Waals surface area (Å²) in [6, 6.07) is 10.2. The van der Waals surface area contributed by atoms with Crippen LogP contribution < -0.4 is 5.32 Å². The van der Waals surface area contributed by atoms with Crippen LogP contribution in [0.5, 0.6) is 0 Å². The Labute approximate surface area is 185 Å². The number of nitrogens with zero attached hydrogens (tertiary/aromatic N) is 1. The molecule has 0 atom stereocenters. The number of amides is 1. The summed E-state index contributed by atoms with van der Waals surface area (Å²) in [6.45, 7) is 1.21. The fourth-order valence-corrected chi connectivity index (χ4v) is 3.73. The lowest BCUT2D eigenvalue weighted by molar-refractivity contribution is -0.119. The van der Waals surface area contributed by atoms with Gasteiger partial charge in [0.1, 0.15) is 15.8 Å². The van der Waals surface area contributed by atoms with Gasteiger partial charge in [0.05, 0.1) is 17.9 Å². The van der Waals surface area contributed by atoms with E-state index >= 15 is 0 Å². The van der Waals surface area contributed by atoms with Crippen LogP contribution in [0.2, 0.25) is 5.15 Å². The number of nitrogens with one attached hydrogen (secondary N) is 1. The Morgan fingerprint density at radius 2 is 1.87 bits per heavy atom. The van der Waals surface area contributed by atoms with E-state index < -0.39 is 30.3 Å². The summed E-state index contributed by atoms with van der Waals surface area (Å²) in [4.78, 5) is 41.3. The van der Waals surface area contributed by atoms with Crippen molar-refractivity contribution >= 4 is 46.5 Å². The highest BCUT2D eigenvalue weighted by atomic mass is 35.5. The predicted molar refractivity (Wildman–Crippen MR) is 114 cm³/mol. The lowest BCUT2D eigenvalue weighted by Crippen LogP contribution is -2.22. The molecule has 7 nitrogen and oxygen atoms in total. The first-order valence-corrected chi connectivity index (χ1v) is 10.2. The highest BCUT2D eigenvalue weighted by Crippen LogP contribution is 2.35. The van der Waals surface area contributed by atoms with E-state index in [0.29, 0.717) is 10.4 Å². The van der Waals surface area contributed by atoms with Crippen LogP contribution in [0.15, 0.2) is 48.7 Å². The first-order chi connectivity index (χ1) is 14.9. The molecule has 31 heavy (non-hydrogen) atoms. The van der Waals surface area contributed by atoms with Crippen molar-refractivity contribution in [2.45, 2.75) is 6.92 Å². The highest BCUT2D eigenvalue weighted by Gasteiger charge is 2.21. The van der Waals surface area contributed by atoms with Crippen molar-refractivity contribution in [3.63, 3.8) is 0 Å². The van der Waals surface area contributed by atoms with Gasteiger partial charge in [-0.3, -0.25) is 4.79 Å². The molecule has 0 aliphatic heterocycles. The third-order valence-corrected chi connectivity index (χ3v) is 5.37. The Morgan fingerprint density at radius 3 is 2.55 bits per heavy atom. The summed E-state index contributed by atoms with van der Waals surface area (Å²) in [5.41, 5.74) is 0.886. The van der Waals surface area contributed by atoms with E-state index in [4.69, 9.17) is 21.1 Å². The molecular formula is C21H16ClFN2O5S. The van der Waals surface area contributed by atoms with E-state index in [1.807, 2.05) is 0 Å². The number of carbonyl (C=O) groups is 3. The number of halogens is 2. The number of carbonyl (C=O) groups excluding carboxylic acids is 3. The molecular weight excluding hydrogens is 447 g/mol. The van der Waals surface area contributed by atoms with Crippen LogP contribution in [0.4, 0.5) is 10.1 Å². The third kappa shape index (κ3) is 5.65. The van der Waals surface area contributed by atoms with E-state index in [9.17, 15) is 18.8 Å². The number of thiophene rings is 1. The average molecular weight is 463 g/mol. The summed E-state index contributed by atoms with van der Waals surface area (Å²) < 4.78 is 23.2. The van der Waals surface area contributed by atoms with Crippen LogP contribution in [-0.4, -0.2) is 36.0 Å². The first kappa shape index (κ1) is 22.4. The first-order valence-electron chi connectivity index (χ1n) is 9.03. The molecule has 0 bridgehead atoms. The number of benzene rings is 1. The van der Waals surface area contributed by atoms with E-state index in [2.05, 4.69) is 10.3 Å². The van der Waals surface area contributed by atoms with Crippen molar-refractivity contribution in [2.24, 2.45) is 0 Å². The summed E-state index contributed by atoms with van der Waals surface area (Å²) >= 11 is 6.92. The number of hydrogen-bond acceptors (Lipinski definition) is 7. The van der Waals surface area contributed by atoms with Crippen molar-refractivity contribution < 1.29 is 28.2 Å². The molecule has 3 aromatic rings. The van der Waals surface area contributed by atoms with E-state index in [0.717, 1.165) is 11.3 Å². The molecule has 0 aliphatic carbocycles. The van der Waals surface area contributed by atoms with Crippen LogP contribution >= 0.6 is 22.9 Å². The van der Waals surface area contributed by atoms with Crippen LogP contribution in [0.3, 0.4) is 0 Å². The van der Waals surface area contributed by atoms with Gasteiger partial charge in [-0.25, -0.2) is 19.0 Å². The normalized spacial score (nSPS) is 10.4. The SMILES string of the molecule is CCOC(=O)c1sc(-c2ccc(F)cc2)cc1NC(=O)COC(=O)c1cccnc1Cl. The maximum absolute atomic E-state index is 13.2. The molecule has 0 aliphatic rings. The zero-order valence-corrected chi connectivity index (χ0v) is 17.8. The topological polar surface area (TPSA) is 94.6 Å². The van der Waals surface area contributed by atoms with Gasteiger partial charge in [-0.05, 0) is 42.8 Å². The van der Waals surface area contributed by atoms with Gasteiger partial charge in [-0.1, -0.05) is 23.7 Å². The molecule has 0 unspecified atom stereocenters. The standard InChI is InChI=1S/C21H16ClFN2O5S/c1-2-29-21(28)18-15(10-16(31-18)12-5-7-13(23)8-6-12)25-17(26)11-30-20(27)14-4-3-9-24-19(14)22/h3-10H,2,11H2,1H3,(H,25,26). The number of hydrogen-bond donors (Lipinski definition) is 1. The lowest BCUT2D eigenvalue weighted by atomic mass is 10.2. The van der Waals surface area contributed by atoms with Gasteiger partial charge in [0.2, 0.25) is 0 Å². The largest absolute Gasteiger partial charge is 0.462 e. The van der Waals surface area contributed by atoms with Gasteiger partial charge >= 0.3 is 11.9 Å². The number of esters is 2. The molecule has 2 aromatic heterocycles. The number of aromatic nitrogens is 1. The zero-order valence-electron chi connectivity index (χ0n) is 16.2. The minimum atomic E-state index is -0.809. The monoisotopic (exact) mass is 462 g/mol. The number of pyridine rings is 1. The lowest BCUT2D eigenvalue weighted by Gasteiger charge is -2.07. The van der Waals surface area contributed by atoms with E-state index in [1.54, 1.807) is 25.1 Å². The number of anilines is 1. The van der Waals surface area contributed by atoms with Gasteiger partial charge in [0.25, 0.3) is 5.91 Å². The summed E-state index contributed by atoms with van der Waals surface area (Å²) in [5, 5.41) is 2.50.